The number of carbonyl (C=O) groups excluding carboxylic acids is 2. The van der Waals surface area contributed by atoms with E-state index >= 15 is 0 Å². The number of methoxy groups -OCH3 is 3. The lowest BCUT2D eigenvalue weighted by Crippen LogP contribution is -2.13. The summed E-state index contributed by atoms with van der Waals surface area (Å²) in [5.41, 5.74) is 0.823. The van der Waals surface area contributed by atoms with Crippen LogP contribution in [0.4, 0.5) is 5.69 Å². The van der Waals surface area contributed by atoms with Gasteiger partial charge in [0.25, 0.3) is 5.91 Å². The van der Waals surface area contributed by atoms with Crippen LogP contribution in [0, 0.1) is 11.3 Å². The third-order valence-corrected chi connectivity index (χ3v) is 5.28. The summed E-state index contributed by atoms with van der Waals surface area (Å²) in [7, 11) is 4.43. The van der Waals surface area contributed by atoms with E-state index in [4.69, 9.17) is 18.9 Å². The first-order chi connectivity index (χ1) is 16.0. The third kappa shape index (κ3) is 5.70. The molecule has 0 aliphatic rings. The lowest BCUT2D eigenvalue weighted by Gasteiger charge is -2.11. The second kappa shape index (κ2) is 10.8. The van der Waals surface area contributed by atoms with E-state index in [9.17, 15) is 14.9 Å². The highest BCUT2D eigenvalue weighted by molar-refractivity contribution is 7.12. The Morgan fingerprint density at radius 3 is 2.27 bits per heavy atom. The van der Waals surface area contributed by atoms with E-state index in [0.29, 0.717) is 27.6 Å². The van der Waals surface area contributed by atoms with Crippen LogP contribution in [0.15, 0.2) is 59.5 Å². The SMILES string of the molecule is COc1ccc(NC(=O)/C(C#N)=C\c2ccc(OC(=O)c3cccs3)c(OC)c2)cc1OC. The van der Waals surface area contributed by atoms with Crippen LogP contribution in [0.3, 0.4) is 0 Å². The van der Waals surface area contributed by atoms with Crippen LogP contribution in [0.2, 0.25) is 0 Å². The summed E-state index contributed by atoms with van der Waals surface area (Å²) in [6, 6.07) is 14.9. The van der Waals surface area contributed by atoms with Gasteiger partial charge in [-0.15, -0.1) is 11.3 Å². The molecule has 8 nitrogen and oxygen atoms in total. The Morgan fingerprint density at radius 1 is 0.939 bits per heavy atom. The fraction of sp³-hybridized carbons (Fsp3) is 0.125. The number of anilines is 1. The Labute approximate surface area is 194 Å². The largest absolute Gasteiger partial charge is 0.493 e. The molecule has 0 aliphatic carbocycles. The molecule has 168 valence electrons. The molecule has 1 aromatic heterocycles. The van der Waals surface area contributed by atoms with Crippen LogP contribution in [-0.4, -0.2) is 33.2 Å². The topological polar surface area (TPSA) is 107 Å². The van der Waals surface area contributed by atoms with E-state index in [1.165, 1.54) is 44.8 Å². The molecular weight excluding hydrogens is 444 g/mol. The fourth-order valence-corrected chi connectivity index (χ4v) is 3.43. The highest BCUT2D eigenvalue weighted by Gasteiger charge is 2.15. The average molecular weight is 464 g/mol. The zero-order chi connectivity index (χ0) is 23.8. The van der Waals surface area contributed by atoms with Crippen molar-refractivity contribution in [1.29, 1.82) is 5.26 Å². The molecule has 3 rings (SSSR count). The molecule has 0 unspecified atom stereocenters. The van der Waals surface area contributed by atoms with Crippen molar-refractivity contribution >= 4 is 35.0 Å². The van der Waals surface area contributed by atoms with E-state index in [2.05, 4.69) is 5.32 Å². The monoisotopic (exact) mass is 464 g/mol. The number of ether oxygens (including phenoxy) is 4. The smallest absolute Gasteiger partial charge is 0.353 e. The highest BCUT2D eigenvalue weighted by atomic mass is 32.1. The first kappa shape index (κ1) is 23.4. The molecule has 2 aromatic carbocycles. The van der Waals surface area contributed by atoms with E-state index < -0.39 is 11.9 Å². The summed E-state index contributed by atoms with van der Waals surface area (Å²) >= 11 is 1.27. The first-order valence-electron chi connectivity index (χ1n) is 9.58. The summed E-state index contributed by atoms with van der Waals surface area (Å²) in [4.78, 5) is 25.3. The summed E-state index contributed by atoms with van der Waals surface area (Å²) < 4.78 is 21.1. The van der Waals surface area contributed by atoms with Crippen molar-refractivity contribution in [2.75, 3.05) is 26.6 Å². The van der Waals surface area contributed by atoms with Crippen molar-refractivity contribution in [3.05, 3.63) is 69.9 Å². The van der Waals surface area contributed by atoms with Gasteiger partial charge in [-0.25, -0.2) is 4.79 Å². The third-order valence-electron chi connectivity index (χ3n) is 4.43. The second-order valence-electron chi connectivity index (χ2n) is 6.47. The number of hydrogen-bond acceptors (Lipinski definition) is 8. The minimum atomic E-state index is -0.600. The standard InChI is InChI=1S/C24H20N2O6S/c1-29-18-9-7-17(13-21(18)31-3)26-23(27)16(14-25)11-15-6-8-19(20(12-15)30-2)32-24(28)22-5-4-10-33-22/h4-13H,1-3H3,(H,26,27)/b16-11-. The summed E-state index contributed by atoms with van der Waals surface area (Å²) in [5, 5.41) is 13.9. The van der Waals surface area contributed by atoms with Crippen LogP contribution >= 0.6 is 11.3 Å². The van der Waals surface area contributed by atoms with Gasteiger partial charge in [-0.2, -0.15) is 5.26 Å². The summed E-state index contributed by atoms with van der Waals surface area (Å²) in [6.07, 6.45) is 1.41. The van der Waals surface area contributed by atoms with Gasteiger partial charge in [0.1, 0.15) is 16.5 Å². The van der Waals surface area contributed by atoms with Crippen molar-refractivity contribution < 1.29 is 28.5 Å². The summed E-state index contributed by atoms with van der Waals surface area (Å²) in [5.74, 6) is 0.358. The number of nitrogens with one attached hydrogen (secondary N) is 1. The molecule has 0 saturated carbocycles. The number of carbonyl (C=O) groups is 2. The molecule has 33 heavy (non-hydrogen) atoms. The van der Waals surface area contributed by atoms with Gasteiger partial charge in [-0.1, -0.05) is 12.1 Å². The van der Waals surface area contributed by atoms with E-state index in [-0.39, 0.29) is 17.1 Å². The minimum absolute atomic E-state index is 0.129. The van der Waals surface area contributed by atoms with Crippen LogP contribution in [-0.2, 0) is 4.79 Å². The Balaban J connectivity index is 1.79. The lowest BCUT2D eigenvalue weighted by atomic mass is 10.1. The van der Waals surface area contributed by atoms with E-state index in [0.717, 1.165) is 0 Å². The number of amides is 1. The number of thiophene rings is 1. The highest BCUT2D eigenvalue weighted by Crippen LogP contribution is 2.31. The zero-order valence-electron chi connectivity index (χ0n) is 18.1. The van der Waals surface area contributed by atoms with Gasteiger partial charge in [-0.05, 0) is 47.4 Å². The maximum atomic E-state index is 12.6. The number of nitrogens with zero attached hydrogens (tertiary/aromatic N) is 1. The van der Waals surface area contributed by atoms with Crippen LogP contribution in [0.1, 0.15) is 15.2 Å². The first-order valence-corrected chi connectivity index (χ1v) is 10.5. The maximum absolute atomic E-state index is 12.6. The molecule has 0 radical (unpaired) electrons. The quantitative estimate of drug-likeness (QED) is 0.226. The van der Waals surface area contributed by atoms with Crippen LogP contribution in [0.5, 0.6) is 23.0 Å². The minimum Gasteiger partial charge on any atom is -0.493 e. The van der Waals surface area contributed by atoms with Crippen molar-refractivity contribution in [2.45, 2.75) is 0 Å². The molecule has 0 spiro atoms. The normalized spacial score (nSPS) is 10.7. The maximum Gasteiger partial charge on any atom is 0.353 e. The predicted octanol–water partition coefficient (Wildman–Crippen LogP) is 4.54. The van der Waals surface area contributed by atoms with Gasteiger partial charge in [-0.3, -0.25) is 4.79 Å². The Morgan fingerprint density at radius 2 is 1.64 bits per heavy atom. The van der Waals surface area contributed by atoms with Gasteiger partial charge in [0, 0.05) is 11.8 Å². The average Bonchev–Trinajstić information content (AvgIpc) is 3.38. The Kier molecular flexibility index (Phi) is 7.68. The molecule has 0 fully saturated rings. The number of hydrogen-bond donors (Lipinski definition) is 1. The van der Waals surface area contributed by atoms with Crippen molar-refractivity contribution in [3.63, 3.8) is 0 Å². The molecule has 3 aromatic rings. The number of esters is 1. The van der Waals surface area contributed by atoms with Gasteiger partial charge >= 0.3 is 5.97 Å². The predicted molar refractivity (Wildman–Crippen MR) is 124 cm³/mol. The molecule has 0 aliphatic heterocycles. The van der Waals surface area contributed by atoms with Crippen LogP contribution < -0.4 is 24.3 Å². The van der Waals surface area contributed by atoms with Gasteiger partial charge < -0.3 is 24.3 Å². The van der Waals surface area contributed by atoms with Gasteiger partial charge in [0.15, 0.2) is 23.0 Å². The Bertz CT molecular complexity index is 1230. The number of rotatable bonds is 8. The second-order valence-corrected chi connectivity index (χ2v) is 7.42. The van der Waals surface area contributed by atoms with Crippen molar-refractivity contribution in [3.8, 4) is 29.1 Å². The molecule has 1 N–H and O–H groups in total. The lowest BCUT2D eigenvalue weighted by molar-refractivity contribution is -0.112. The summed E-state index contributed by atoms with van der Waals surface area (Å²) in [6.45, 7) is 0. The van der Waals surface area contributed by atoms with Crippen LogP contribution in [0.25, 0.3) is 6.08 Å². The Hall–Kier alpha value is -4.29. The molecule has 0 bridgehead atoms. The molecular formula is C24H20N2O6S. The van der Waals surface area contributed by atoms with E-state index in [1.807, 2.05) is 6.07 Å². The number of nitriles is 1. The zero-order valence-corrected chi connectivity index (χ0v) is 18.9. The number of benzene rings is 2. The molecule has 0 atom stereocenters. The van der Waals surface area contributed by atoms with E-state index in [1.54, 1.807) is 47.8 Å². The van der Waals surface area contributed by atoms with Crippen molar-refractivity contribution in [2.24, 2.45) is 0 Å². The van der Waals surface area contributed by atoms with Crippen molar-refractivity contribution in [1.82, 2.24) is 0 Å². The van der Waals surface area contributed by atoms with Gasteiger partial charge in [0.2, 0.25) is 0 Å². The molecule has 0 saturated heterocycles. The van der Waals surface area contributed by atoms with Gasteiger partial charge in [0.05, 0.1) is 21.3 Å². The fourth-order valence-electron chi connectivity index (χ4n) is 2.83. The molecule has 1 heterocycles. The molecule has 9 heteroatoms. The molecule has 1 amide bonds.